The molecular weight excluding hydrogens is 418 g/mol. The van der Waals surface area contributed by atoms with Crippen molar-refractivity contribution in [3.8, 4) is 0 Å². The Morgan fingerprint density at radius 3 is 2.41 bits per heavy atom. The van der Waals surface area contributed by atoms with Gasteiger partial charge in [-0.25, -0.2) is 9.97 Å². The number of aromatic nitrogens is 3. The van der Waals surface area contributed by atoms with Crippen LogP contribution >= 0.6 is 0 Å². The van der Waals surface area contributed by atoms with Crippen LogP contribution in [0.5, 0.6) is 0 Å². The maximum Gasteiger partial charge on any atom is 0.160 e. The van der Waals surface area contributed by atoms with Gasteiger partial charge in [-0.2, -0.15) is 0 Å². The fourth-order valence-corrected chi connectivity index (χ4v) is 5.13. The second-order valence-electron chi connectivity index (χ2n) is 9.84. The number of rotatable bonds is 9. The SMILES string of the molecule is CCCC(C)N1CCN(CC=Cc2ccc(Cn3c(CC)nc4c(C)cc(C)nc43)cc2)CC1. The van der Waals surface area contributed by atoms with Crippen molar-refractivity contribution < 1.29 is 0 Å². The van der Waals surface area contributed by atoms with Crippen LogP contribution in [-0.4, -0.2) is 63.1 Å². The van der Waals surface area contributed by atoms with Crippen LogP contribution in [0, 0.1) is 13.8 Å². The van der Waals surface area contributed by atoms with Gasteiger partial charge in [-0.1, -0.05) is 56.7 Å². The van der Waals surface area contributed by atoms with Crippen LogP contribution in [0.25, 0.3) is 17.2 Å². The van der Waals surface area contributed by atoms with Gasteiger partial charge in [-0.05, 0) is 49.9 Å². The first-order valence-electron chi connectivity index (χ1n) is 13.0. The molecule has 0 bridgehead atoms. The molecule has 0 amide bonds. The van der Waals surface area contributed by atoms with Crippen LogP contribution in [0.3, 0.4) is 0 Å². The maximum absolute atomic E-state index is 4.88. The minimum Gasteiger partial charge on any atom is -0.308 e. The van der Waals surface area contributed by atoms with Gasteiger partial charge in [0.05, 0.1) is 6.54 Å². The fraction of sp³-hybridized carbons (Fsp3) is 0.517. The summed E-state index contributed by atoms with van der Waals surface area (Å²) in [7, 11) is 0. The summed E-state index contributed by atoms with van der Waals surface area (Å²) in [5.74, 6) is 1.10. The van der Waals surface area contributed by atoms with E-state index in [0.29, 0.717) is 0 Å². The van der Waals surface area contributed by atoms with Crippen LogP contribution in [-0.2, 0) is 13.0 Å². The molecule has 0 spiro atoms. The minimum absolute atomic E-state index is 0.721. The molecule has 1 aromatic carbocycles. The molecule has 1 aliphatic heterocycles. The number of nitrogens with zero attached hydrogens (tertiary/aromatic N) is 5. The third kappa shape index (κ3) is 5.76. The van der Waals surface area contributed by atoms with Crippen molar-refractivity contribution in [2.24, 2.45) is 0 Å². The summed E-state index contributed by atoms with van der Waals surface area (Å²) in [5.41, 5.74) is 6.82. The minimum atomic E-state index is 0.721. The molecule has 1 fully saturated rings. The summed E-state index contributed by atoms with van der Waals surface area (Å²) >= 11 is 0. The van der Waals surface area contributed by atoms with Crippen LogP contribution in [0.1, 0.15) is 61.8 Å². The van der Waals surface area contributed by atoms with Crippen LogP contribution in [0.2, 0.25) is 0 Å². The van der Waals surface area contributed by atoms with Gasteiger partial charge in [-0.3, -0.25) is 9.80 Å². The highest BCUT2D eigenvalue weighted by molar-refractivity contribution is 5.76. The summed E-state index contributed by atoms with van der Waals surface area (Å²) in [5, 5.41) is 0. The van der Waals surface area contributed by atoms with Gasteiger partial charge in [0, 0.05) is 50.9 Å². The first-order chi connectivity index (χ1) is 16.5. The Balaban J connectivity index is 1.35. The highest BCUT2D eigenvalue weighted by Gasteiger charge is 2.19. The molecule has 5 heteroatoms. The summed E-state index contributed by atoms with van der Waals surface area (Å²) < 4.78 is 2.28. The first-order valence-corrected chi connectivity index (χ1v) is 13.0. The smallest absolute Gasteiger partial charge is 0.160 e. The summed E-state index contributed by atoms with van der Waals surface area (Å²) in [6, 6.07) is 11.8. The Bertz CT molecular complexity index is 1100. The summed E-state index contributed by atoms with van der Waals surface area (Å²) in [6.45, 7) is 17.6. The van der Waals surface area contributed by atoms with Crippen molar-refractivity contribution in [3.05, 3.63) is 64.6 Å². The second kappa shape index (κ2) is 11.3. The Morgan fingerprint density at radius 1 is 1.00 bits per heavy atom. The van der Waals surface area contributed by atoms with Crippen molar-refractivity contribution in [2.45, 2.75) is 66.5 Å². The Kier molecular flexibility index (Phi) is 8.17. The Labute approximate surface area is 205 Å². The molecule has 1 aliphatic rings. The van der Waals surface area contributed by atoms with Crippen molar-refractivity contribution >= 4 is 17.2 Å². The van der Waals surface area contributed by atoms with E-state index in [4.69, 9.17) is 9.97 Å². The number of hydrogen-bond acceptors (Lipinski definition) is 4. The molecular formula is C29H41N5. The molecule has 0 radical (unpaired) electrons. The van der Waals surface area contributed by atoms with Gasteiger partial charge >= 0.3 is 0 Å². The van der Waals surface area contributed by atoms with Gasteiger partial charge in [0.15, 0.2) is 5.65 Å². The Hall–Kier alpha value is -2.50. The van der Waals surface area contributed by atoms with E-state index in [0.717, 1.165) is 48.2 Å². The third-order valence-corrected chi connectivity index (χ3v) is 7.15. The van der Waals surface area contributed by atoms with E-state index in [2.05, 4.69) is 91.5 Å². The molecule has 34 heavy (non-hydrogen) atoms. The molecule has 182 valence electrons. The predicted molar refractivity (Wildman–Crippen MR) is 143 cm³/mol. The lowest BCUT2D eigenvalue weighted by atomic mass is 10.1. The van der Waals surface area contributed by atoms with E-state index in [1.807, 2.05) is 0 Å². The molecule has 2 aromatic heterocycles. The largest absolute Gasteiger partial charge is 0.308 e. The summed E-state index contributed by atoms with van der Waals surface area (Å²) in [4.78, 5) is 14.9. The third-order valence-electron chi connectivity index (χ3n) is 7.15. The molecule has 5 nitrogen and oxygen atoms in total. The zero-order chi connectivity index (χ0) is 24.1. The van der Waals surface area contributed by atoms with E-state index < -0.39 is 0 Å². The quantitative estimate of drug-likeness (QED) is 0.425. The molecule has 1 saturated heterocycles. The van der Waals surface area contributed by atoms with Gasteiger partial charge in [0.1, 0.15) is 11.3 Å². The summed E-state index contributed by atoms with van der Waals surface area (Å²) in [6.07, 6.45) is 8.06. The normalized spacial score (nSPS) is 16.6. The van der Waals surface area contributed by atoms with Gasteiger partial charge in [0.2, 0.25) is 0 Å². The number of fused-ring (bicyclic) bond motifs is 1. The van der Waals surface area contributed by atoms with E-state index in [-0.39, 0.29) is 0 Å². The van der Waals surface area contributed by atoms with Crippen molar-refractivity contribution in [3.63, 3.8) is 0 Å². The van der Waals surface area contributed by atoms with Crippen molar-refractivity contribution in [1.29, 1.82) is 0 Å². The zero-order valence-corrected chi connectivity index (χ0v) is 21.7. The number of aryl methyl sites for hydroxylation is 3. The highest BCUT2D eigenvalue weighted by Crippen LogP contribution is 2.21. The van der Waals surface area contributed by atoms with Crippen LogP contribution in [0.15, 0.2) is 36.4 Å². The van der Waals surface area contributed by atoms with E-state index >= 15 is 0 Å². The molecule has 1 unspecified atom stereocenters. The average Bonchev–Trinajstić information content (AvgIpc) is 3.18. The van der Waals surface area contributed by atoms with Crippen molar-refractivity contribution in [1.82, 2.24) is 24.3 Å². The number of pyridine rings is 1. The van der Waals surface area contributed by atoms with E-state index in [1.165, 1.54) is 55.7 Å². The number of piperazine rings is 1. The van der Waals surface area contributed by atoms with E-state index in [9.17, 15) is 0 Å². The highest BCUT2D eigenvalue weighted by atomic mass is 15.3. The molecule has 4 rings (SSSR count). The molecule has 3 aromatic rings. The lowest BCUT2D eigenvalue weighted by Gasteiger charge is -2.37. The monoisotopic (exact) mass is 459 g/mol. The fourth-order valence-electron chi connectivity index (χ4n) is 5.13. The van der Waals surface area contributed by atoms with Crippen LogP contribution in [0.4, 0.5) is 0 Å². The molecule has 1 atom stereocenters. The number of imidazole rings is 1. The Morgan fingerprint density at radius 2 is 1.74 bits per heavy atom. The van der Waals surface area contributed by atoms with Gasteiger partial charge < -0.3 is 4.57 Å². The van der Waals surface area contributed by atoms with E-state index in [1.54, 1.807) is 0 Å². The molecule has 0 aliphatic carbocycles. The van der Waals surface area contributed by atoms with Gasteiger partial charge in [0.25, 0.3) is 0 Å². The second-order valence-corrected chi connectivity index (χ2v) is 9.84. The standard InChI is InChI=1S/C29H41N5/c1-6-9-24(5)33-18-16-32(17-19-33)15-8-10-25-11-13-26(14-12-25)21-34-27(7-2)31-28-22(3)20-23(4)30-29(28)34/h8,10-14,20,24H,6-7,9,15-19,21H2,1-5H3. The predicted octanol–water partition coefficient (Wildman–Crippen LogP) is 5.48. The first kappa shape index (κ1) is 24.6. The molecule has 3 heterocycles. The maximum atomic E-state index is 4.88. The van der Waals surface area contributed by atoms with Gasteiger partial charge in [-0.15, -0.1) is 0 Å². The number of benzene rings is 1. The molecule has 0 N–H and O–H groups in total. The topological polar surface area (TPSA) is 37.2 Å². The number of hydrogen-bond donors (Lipinski definition) is 0. The van der Waals surface area contributed by atoms with Crippen LogP contribution < -0.4 is 0 Å². The average molecular weight is 460 g/mol. The zero-order valence-electron chi connectivity index (χ0n) is 21.7. The lowest BCUT2D eigenvalue weighted by molar-refractivity contribution is 0.106. The molecule has 0 saturated carbocycles. The van der Waals surface area contributed by atoms with Crippen molar-refractivity contribution in [2.75, 3.05) is 32.7 Å². The lowest BCUT2D eigenvalue weighted by Crippen LogP contribution is -2.49.